The van der Waals surface area contributed by atoms with Crippen LogP contribution in [0.4, 0.5) is 26.3 Å². The fourth-order valence-corrected chi connectivity index (χ4v) is 2.77. The SMILES string of the molecule is Cn1nc(C(F)(F)F)cc1-c1noc(-c2sccc2CN)n1.O=C(O)C(F)(F)F. The minimum atomic E-state index is -5.08. The molecule has 0 saturated heterocycles. The molecule has 0 aromatic carbocycles. The van der Waals surface area contributed by atoms with Crippen molar-refractivity contribution in [2.24, 2.45) is 12.8 Å². The highest BCUT2D eigenvalue weighted by Crippen LogP contribution is 2.32. The number of rotatable bonds is 3. The lowest BCUT2D eigenvalue weighted by atomic mass is 10.2. The fourth-order valence-electron chi connectivity index (χ4n) is 1.92. The lowest BCUT2D eigenvalue weighted by Crippen LogP contribution is -2.21. The molecule has 0 spiro atoms. The van der Waals surface area contributed by atoms with E-state index in [-0.39, 0.29) is 17.4 Å². The quantitative estimate of drug-likeness (QED) is 0.596. The zero-order valence-corrected chi connectivity index (χ0v) is 15.1. The van der Waals surface area contributed by atoms with E-state index in [0.717, 1.165) is 16.3 Å². The van der Waals surface area contributed by atoms with Gasteiger partial charge in [0, 0.05) is 13.6 Å². The molecule has 3 rings (SSSR count). The van der Waals surface area contributed by atoms with Crippen molar-refractivity contribution in [2.45, 2.75) is 18.9 Å². The second kappa shape index (κ2) is 8.20. The molecule has 29 heavy (non-hydrogen) atoms. The van der Waals surface area contributed by atoms with E-state index in [1.54, 1.807) is 0 Å². The molecule has 0 aliphatic rings. The van der Waals surface area contributed by atoms with Gasteiger partial charge in [-0.3, -0.25) is 4.68 Å². The summed E-state index contributed by atoms with van der Waals surface area (Å²) in [6.07, 6.45) is -9.61. The van der Waals surface area contributed by atoms with Crippen LogP contribution in [0.2, 0.25) is 0 Å². The first-order valence-corrected chi connectivity index (χ1v) is 8.24. The number of aryl methyl sites for hydroxylation is 1. The van der Waals surface area contributed by atoms with E-state index in [4.69, 9.17) is 20.2 Å². The summed E-state index contributed by atoms with van der Waals surface area (Å²) in [5.41, 5.74) is 5.55. The molecule has 3 N–H and O–H groups in total. The molecule has 3 heterocycles. The number of hydrogen-bond donors (Lipinski definition) is 2. The summed E-state index contributed by atoms with van der Waals surface area (Å²) < 4.78 is 75.9. The van der Waals surface area contributed by atoms with Crippen LogP contribution in [0.3, 0.4) is 0 Å². The van der Waals surface area contributed by atoms with E-state index in [9.17, 15) is 26.3 Å². The third-order valence-corrected chi connectivity index (χ3v) is 4.17. The Morgan fingerprint density at radius 1 is 1.31 bits per heavy atom. The summed E-state index contributed by atoms with van der Waals surface area (Å²) in [5.74, 6) is -2.50. The molecular formula is C14H11F6N5O3S. The number of aliphatic carboxylic acids is 1. The van der Waals surface area contributed by atoms with E-state index in [1.165, 1.54) is 18.4 Å². The predicted octanol–water partition coefficient (Wildman–Crippen LogP) is 3.31. The molecule has 0 aliphatic heterocycles. The molecule has 15 heteroatoms. The van der Waals surface area contributed by atoms with E-state index in [0.29, 0.717) is 11.4 Å². The van der Waals surface area contributed by atoms with Gasteiger partial charge in [0.1, 0.15) is 5.69 Å². The average molecular weight is 443 g/mol. The van der Waals surface area contributed by atoms with E-state index in [2.05, 4.69) is 15.2 Å². The Hall–Kier alpha value is -2.94. The van der Waals surface area contributed by atoms with Gasteiger partial charge >= 0.3 is 18.3 Å². The van der Waals surface area contributed by atoms with Gasteiger partial charge in [0.2, 0.25) is 5.82 Å². The molecule has 3 aromatic heterocycles. The third-order valence-electron chi connectivity index (χ3n) is 3.23. The number of carboxylic acids is 1. The maximum Gasteiger partial charge on any atom is 0.490 e. The van der Waals surface area contributed by atoms with Crippen molar-refractivity contribution in [1.82, 2.24) is 19.9 Å². The number of thiophene rings is 1. The van der Waals surface area contributed by atoms with Gasteiger partial charge in [0.05, 0.1) is 4.88 Å². The zero-order chi connectivity index (χ0) is 22.0. The number of aromatic nitrogens is 4. The van der Waals surface area contributed by atoms with Crippen LogP contribution in [-0.4, -0.2) is 37.2 Å². The van der Waals surface area contributed by atoms with Crippen LogP contribution in [0.25, 0.3) is 22.3 Å². The molecule has 8 nitrogen and oxygen atoms in total. The maximum absolute atomic E-state index is 12.7. The van der Waals surface area contributed by atoms with Crippen molar-refractivity contribution in [3.8, 4) is 22.3 Å². The van der Waals surface area contributed by atoms with Crippen molar-refractivity contribution in [1.29, 1.82) is 0 Å². The molecule has 0 amide bonds. The minimum Gasteiger partial charge on any atom is -0.475 e. The highest BCUT2D eigenvalue weighted by Gasteiger charge is 2.38. The van der Waals surface area contributed by atoms with Crippen LogP contribution in [0.1, 0.15) is 11.3 Å². The molecule has 0 radical (unpaired) electrons. The van der Waals surface area contributed by atoms with Gasteiger partial charge in [-0.25, -0.2) is 4.79 Å². The molecule has 0 unspecified atom stereocenters. The second-order valence-corrected chi connectivity index (χ2v) is 6.16. The van der Waals surface area contributed by atoms with Crippen molar-refractivity contribution in [3.63, 3.8) is 0 Å². The van der Waals surface area contributed by atoms with E-state index in [1.807, 2.05) is 11.4 Å². The standard InChI is InChI=1S/C12H10F3N5OS.C2HF3O2/c1-20-7(4-8(18-20)12(13,14)15)10-17-11(21-19-10)9-6(5-16)2-3-22-9;3-2(4,5)1(6)7/h2-4H,5,16H2,1H3;(H,6,7). The first-order valence-electron chi connectivity index (χ1n) is 7.36. The number of nitrogens with zero attached hydrogens (tertiary/aromatic N) is 4. The molecule has 3 aromatic rings. The summed E-state index contributed by atoms with van der Waals surface area (Å²) in [7, 11) is 1.39. The topological polar surface area (TPSA) is 120 Å². The minimum absolute atomic E-state index is 0.0388. The van der Waals surface area contributed by atoms with Crippen LogP contribution >= 0.6 is 11.3 Å². The van der Waals surface area contributed by atoms with Crippen LogP contribution in [0, 0.1) is 0 Å². The van der Waals surface area contributed by atoms with Gasteiger partial charge < -0.3 is 15.4 Å². The Morgan fingerprint density at radius 3 is 2.41 bits per heavy atom. The molecule has 0 fully saturated rings. The van der Waals surface area contributed by atoms with Crippen molar-refractivity contribution >= 4 is 17.3 Å². The Balaban J connectivity index is 0.000000370. The van der Waals surface area contributed by atoms with Gasteiger partial charge in [0.15, 0.2) is 5.69 Å². The van der Waals surface area contributed by atoms with Crippen LogP contribution in [0.15, 0.2) is 22.0 Å². The Bertz CT molecular complexity index is 991. The highest BCUT2D eigenvalue weighted by molar-refractivity contribution is 7.13. The van der Waals surface area contributed by atoms with E-state index >= 15 is 0 Å². The Kier molecular flexibility index (Phi) is 6.32. The molecule has 158 valence electrons. The highest BCUT2D eigenvalue weighted by atomic mass is 32.1. The zero-order valence-electron chi connectivity index (χ0n) is 14.2. The van der Waals surface area contributed by atoms with Gasteiger partial charge in [-0.15, -0.1) is 11.3 Å². The van der Waals surface area contributed by atoms with Crippen molar-refractivity contribution in [2.75, 3.05) is 0 Å². The molecule has 0 saturated carbocycles. The van der Waals surface area contributed by atoms with Gasteiger partial charge in [0.25, 0.3) is 5.89 Å². The normalized spacial score (nSPS) is 11.9. The number of carboxylic acid groups (broad SMARTS) is 1. The lowest BCUT2D eigenvalue weighted by molar-refractivity contribution is -0.192. The van der Waals surface area contributed by atoms with Crippen molar-refractivity contribution < 1.29 is 40.8 Å². The van der Waals surface area contributed by atoms with Crippen LogP contribution in [0.5, 0.6) is 0 Å². The Morgan fingerprint density at radius 2 is 1.93 bits per heavy atom. The van der Waals surface area contributed by atoms with Gasteiger partial charge in [-0.2, -0.15) is 36.4 Å². The summed E-state index contributed by atoms with van der Waals surface area (Å²) in [6, 6.07) is 2.71. The van der Waals surface area contributed by atoms with Gasteiger partial charge in [-0.1, -0.05) is 5.16 Å². The van der Waals surface area contributed by atoms with Crippen molar-refractivity contribution in [3.05, 3.63) is 28.8 Å². The predicted molar refractivity (Wildman–Crippen MR) is 86.4 cm³/mol. The smallest absolute Gasteiger partial charge is 0.475 e. The van der Waals surface area contributed by atoms with E-state index < -0.39 is 24.0 Å². The molecule has 0 atom stereocenters. The summed E-state index contributed by atoms with van der Waals surface area (Å²) in [6.45, 7) is 0.306. The largest absolute Gasteiger partial charge is 0.490 e. The monoisotopic (exact) mass is 443 g/mol. The molecule has 0 bridgehead atoms. The molecule has 0 aliphatic carbocycles. The second-order valence-electron chi connectivity index (χ2n) is 5.24. The van der Waals surface area contributed by atoms with Gasteiger partial charge in [-0.05, 0) is 23.1 Å². The number of alkyl halides is 6. The van der Waals surface area contributed by atoms with Crippen LogP contribution < -0.4 is 5.73 Å². The fraction of sp³-hybridized carbons (Fsp3) is 0.286. The number of carbonyl (C=O) groups is 1. The average Bonchev–Trinajstić information content (AvgIpc) is 3.31. The maximum atomic E-state index is 12.7. The first-order chi connectivity index (χ1) is 13.3. The first kappa shape index (κ1) is 22.4. The van der Waals surface area contributed by atoms with Crippen LogP contribution in [-0.2, 0) is 24.6 Å². The number of halogens is 6. The Labute approximate surface area is 161 Å². The lowest BCUT2D eigenvalue weighted by Gasteiger charge is -1.98. The number of nitrogens with two attached hydrogens (primary N) is 1. The third kappa shape index (κ3) is 5.32. The molecular weight excluding hydrogens is 432 g/mol. The summed E-state index contributed by atoms with van der Waals surface area (Å²) in [4.78, 5) is 13.7. The summed E-state index contributed by atoms with van der Waals surface area (Å²) in [5, 5.41) is 16.1. The summed E-state index contributed by atoms with van der Waals surface area (Å²) >= 11 is 1.37. The number of hydrogen-bond acceptors (Lipinski definition) is 7.